The lowest BCUT2D eigenvalue weighted by atomic mass is 9.77. The average molecular weight is 791 g/mol. The molecule has 0 aromatic rings. The number of hydrogen-bond donors (Lipinski definition) is 0. The van der Waals surface area contributed by atoms with E-state index >= 15 is 0 Å². The Balaban J connectivity index is 0.849. The van der Waals surface area contributed by atoms with E-state index in [1.165, 1.54) is 218 Å². The van der Waals surface area contributed by atoms with Crippen molar-refractivity contribution in [2.24, 2.45) is 35.5 Å². The molecule has 0 spiro atoms. The van der Waals surface area contributed by atoms with Gasteiger partial charge in [-0.1, -0.05) is 230 Å². The van der Waals surface area contributed by atoms with Gasteiger partial charge in [0.2, 0.25) is 0 Å². The van der Waals surface area contributed by atoms with Crippen LogP contribution in [0.15, 0.2) is 23.3 Å². The van der Waals surface area contributed by atoms with Crippen molar-refractivity contribution >= 4 is 0 Å². The first-order valence-corrected chi connectivity index (χ1v) is 27.1. The number of rotatable bonds is 34. The molecule has 2 unspecified atom stereocenters. The molecule has 0 N–H and O–H groups in total. The summed E-state index contributed by atoms with van der Waals surface area (Å²) in [5.41, 5.74) is 3.58. The lowest BCUT2D eigenvalue weighted by Crippen LogP contribution is -2.15. The zero-order valence-corrected chi connectivity index (χ0v) is 39.1. The first-order valence-electron chi connectivity index (χ1n) is 27.1. The Labute approximate surface area is 359 Å². The summed E-state index contributed by atoms with van der Waals surface area (Å²) in [4.78, 5) is 0. The van der Waals surface area contributed by atoms with E-state index in [0.29, 0.717) is 0 Å². The summed E-state index contributed by atoms with van der Waals surface area (Å²) in [5.74, 6) is 6.23. The molecule has 4 rings (SSSR count). The maximum absolute atomic E-state index is 6.03. The quantitative estimate of drug-likeness (QED) is 0.0466. The van der Waals surface area contributed by atoms with Crippen molar-refractivity contribution in [3.8, 4) is 0 Å². The molecule has 0 amide bonds. The summed E-state index contributed by atoms with van der Waals surface area (Å²) in [6.45, 7) is 6.63. The molecular weight excluding hydrogens is 689 g/mol. The summed E-state index contributed by atoms with van der Waals surface area (Å²) < 4.78 is 6.03. The molecule has 4 aliphatic carbocycles. The third-order valence-electron chi connectivity index (χ3n) is 16.1. The summed E-state index contributed by atoms with van der Waals surface area (Å²) in [7, 11) is 0. The fourth-order valence-electron chi connectivity index (χ4n) is 11.9. The van der Waals surface area contributed by atoms with Gasteiger partial charge in [-0.3, -0.25) is 0 Å². The van der Waals surface area contributed by atoms with Crippen LogP contribution in [0.2, 0.25) is 0 Å². The highest BCUT2D eigenvalue weighted by Gasteiger charge is 2.23. The van der Waals surface area contributed by atoms with Gasteiger partial charge in [0.15, 0.2) is 0 Å². The zero-order chi connectivity index (χ0) is 39.9. The van der Waals surface area contributed by atoms with Crippen molar-refractivity contribution in [3.63, 3.8) is 0 Å². The van der Waals surface area contributed by atoms with E-state index in [1.54, 1.807) is 62.5 Å². The minimum absolute atomic E-state index is 0.985. The van der Waals surface area contributed by atoms with Crippen LogP contribution >= 0.6 is 0 Å². The minimum atomic E-state index is 0.985. The maximum Gasteiger partial charge on any atom is 0.0466 e. The molecule has 0 aromatic heterocycles. The molecule has 0 radical (unpaired) electrons. The van der Waals surface area contributed by atoms with Gasteiger partial charge in [-0.25, -0.2) is 0 Å². The summed E-state index contributed by atoms with van der Waals surface area (Å²) >= 11 is 0. The van der Waals surface area contributed by atoms with Crippen molar-refractivity contribution in [1.29, 1.82) is 0 Å². The third kappa shape index (κ3) is 23.9. The molecule has 332 valence electrons. The second-order valence-electron chi connectivity index (χ2n) is 21.0. The second-order valence-corrected chi connectivity index (χ2v) is 21.0. The largest absolute Gasteiger partial charge is 0.381 e. The average Bonchev–Trinajstić information content (AvgIpc) is 3.24. The predicted octanol–water partition coefficient (Wildman–Crippen LogP) is 19.0. The second kappa shape index (κ2) is 33.1. The van der Waals surface area contributed by atoms with Crippen LogP contribution in [0.1, 0.15) is 284 Å². The molecule has 2 fully saturated rings. The zero-order valence-electron chi connectivity index (χ0n) is 39.1. The van der Waals surface area contributed by atoms with Crippen molar-refractivity contribution < 1.29 is 4.74 Å². The van der Waals surface area contributed by atoms with Gasteiger partial charge in [-0.05, 0) is 113 Å². The maximum atomic E-state index is 6.03. The lowest BCUT2D eigenvalue weighted by molar-refractivity contribution is 0.125. The van der Waals surface area contributed by atoms with Crippen LogP contribution in [0, 0.1) is 35.5 Å². The molecule has 0 bridgehead atoms. The topological polar surface area (TPSA) is 9.23 Å². The fraction of sp³-hybridized carbons (Fsp3) is 0.929. The van der Waals surface area contributed by atoms with Crippen LogP contribution < -0.4 is 0 Å². The van der Waals surface area contributed by atoms with Gasteiger partial charge in [0.25, 0.3) is 0 Å². The summed E-state index contributed by atoms with van der Waals surface area (Å²) in [6.07, 6.45) is 66.4. The Bertz CT molecular complexity index is 897. The van der Waals surface area contributed by atoms with Crippen molar-refractivity contribution in [2.45, 2.75) is 284 Å². The lowest BCUT2D eigenvalue weighted by Gasteiger charge is -2.29. The third-order valence-corrected chi connectivity index (χ3v) is 16.1. The van der Waals surface area contributed by atoms with E-state index in [2.05, 4.69) is 26.0 Å². The number of ether oxygens (including phenoxy) is 1. The molecule has 0 saturated heterocycles. The van der Waals surface area contributed by atoms with Crippen LogP contribution in [-0.2, 0) is 4.74 Å². The molecule has 1 nitrogen and oxygen atoms in total. The van der Waals surface area contributed by atoms with E-state index in [1.807, 2.05) is 0 Å². The normalized spacial score (nSPS) is 25.7. The Morgan fingerprint density at radius 2 is 0.684 bits per heavy atom. The first kappa shape index (κ1) is 49.1. The van der Waals surface area contributed by atoms with Gasteiger partial charge in [0, 0.05) is 13.2 Å². The van der Waals surface area contributed by atoms with Crippen LogP contribution in [0.4, 0.5) is 0 Å². The molecule has 0 aromatic carbocycles. The molecule has 0 heterocycles. The Morgan fingerprint density at radius 1 is 0.351 bits per heavy atom. The minimum Gasteiger partial charge on any atom is -0.381 e. The summed E-state index contributed by atoms with van der Waals surface area (Å²) in [6, 6.07) is 0. The van der Waals surface area contributed by atoms with E-state index in [0.717, 1.165) is 48.7 Å². The summed E-state index contributed by atoms with van der Waals surface area (Å²) in [5, 5.41) is 0. The monoisotopic (exact) mass is 791 g/mol. The van der Waals surface area contributed by atoms with E-state index < -0.39 is 0 Å². The highest BCUT2D eigenvalue weighted by atomic mass is 16.5. The predicted molar refractivity (Wildman–Crippen MR) is 253 cm³/mol. The van der Waals surface area contributed by atoms with Gasteiger partial charge in [0.1, 0.15) is 0 Å². The molecule has 0 aliphatic heterocycles. The van der Waals surface area contributed by atoms with E-state index in [9.17, 15) is 0 Å². The molecule has 57 heavy (non-hydrogen) atoms. The van der Waals surface area contributed by atoms with Crippen molar-refractivity contribution in [1.82, 2.24) is 0 Å². The van der Waals surface area contributed by atoms with Gasteiger partial charge in [-0.15, -0.1) is 0 Å². The Morgan fingerprint density at radius 3 is 1.05 bits per heavy atom. The Kier molecular flexibility index (Phi) is 28.5. The van der Waals surface area contributed by atoms with Crippen LogP contribution in [0.5, 0.6) is 0 Å². The SMILES string of the molecule is CCCCCCCC1CCC(CCCC2CC=C(CCCCCCOCCCCCCC3=CCC(CCCC4CCC(CCCCCCC)CC4)CC3)CC2)CC1. The van der Waals surface area contributed by atoms with Gasteiger partial charge in [-0.2, -0.15) is 0 Å². The van der Waals surface area contributed by atoms with Gasteiger partial charge in [0.05, 0.1) is 0 Å². The van der Waals surface area contributed by atoms with Gasteiger partial charge >= 0.3 is 0 Å². The van der Waals surface area contributed by atoms with Crippen molar-refractivity contribution in [3.05, 3.63) is 23.3 Å². The highest BCUT2D eigenvalue weighted by Crippen LogP contribution is 2.38. The van der Waals surface area contributed by atoms with Crippen LogP contribution in [0.25, 0.3) is 0 Å². The standard InChI is InChI=1S/C56H102O/c1-3-5-7-9-15-23-49-31-39-53(40-32-49)27-21-29-55-43-35-51(36-44-55)25-17-11-13-19-47-57-48-20-14-12-18-26-52-37-45-56(46-38-52)30-22-28-54-41-33-50(34-42-54)24-16-10-8-6-4-2/h35,37,49-50,53-56H,3-34,36,38-48H2,1-2H3. The fourth-order valence-corrected chi connectivity index (χ4v) is 11.9. The molecule has 2 atom stereocenters. The first-order chi connectivity index (χ1) is 28.2. The molecule has 4 aliphatic rings. The number of unbranched alkanes of at least 4 members (excludes halogenated alkanes) is 14. The van der Waals surface area contributed by atoms with Gasteiger partial charge < -0.3 is 4.74 Å². The number of hydrogen-bond acceptors (Lipinski definition) is 1. The van der Waals surface area contributed by atoms with Crippen molar-refractivity contribution in [2.75, 3.05) is 13.2 Å². The molecule has 1 heteroatoms. The van der Waals surface area contributed by atoms with Crippen LogP contribution in [0.3, 0.4) is 0 Å². The molecule has 2 saturated carbocycles. The van der Waals surface area contributed by atoms with Crippen LogP contribution in [-0.4, -0.2) is 13.2 Å². The number of allylic oxidation sites excluding steroid dienone is 4. The molecular formula is C56H102O. The highest BCUT2D eigenvalue weighted by molar-refractivity contribution is 5.07. The smallest absolute Gasteiger partial charge is 0.0466 e. The van der Waals surface area contributed by atoms with E-state index in [4.69, 9.17) is 4.74 Å². The van der Waals surface area contributed by atoms with E-state index in [-0.39, 0.29) is 0 Å². The Hall–Kier alpha value is -0.560.